The van der Waals surface area contributed by atoms with Crippen LogP contribution in [0.5, 0.6) is 0 Å². The Morgan fingerprint density at radius 3 is 2.48 bits per heavy atom. The first-order valence-electron chi connectivity index (χ1n) is 8.13. The molecule has 0 aliphatic carbocycles. The topological polar surface area (TPSA) is 46.4 Å². The van der Waals surface area contributed by atoms with Gasteiger partial charge in [-0.15, -0.1) is 0 Å². The number of sulfonamides is 1. The second kappa shape index (κ2) is 7.01. The molecule has 0 spiro atoms. The fourth-order valence-electron chi connectivity index (χ4n) is 2.55. The van der Waals surface area contributed by atoms with Gasteiger partial charge in [0.25, 0.3) is 0 Å². The normalized spacial score (nSPS) is 22.1. The number of aryl methyl sites for hydroxylation is 1. The van der Waals surface area contributed by atoms with Crippen LogP contribution in [0.1, 0.15) is 18.1 Å². The van der Waals surface area contributed by atoms with Gasteiger partial charge < -0.3 is 4.74 Å². The van der Waals surface area contributed by atoms with Gasteiger partial charge in [-0.05, 0) is 31.5 Å². The summed E-state index contributed by atoms with van der Waals surface area (Å²) in [6.45, 7) is 4.96. The SMILES string of the molecule is Cc1ccc(S(=O)(=O)N2CC2(C)C#CCOCc2ccccc2)cc1. The van der Waals surface area contributed by atoms with E-state index in [1.54, 1.807) is 24.3 Å². The lowest BCUT2D eigenvalue weighted by molar-refractivity contribution is 0.153. The molecule has 0 amide bonds. The van der Waals surface area contributed by atoms with Crippen molar-refractivity contribution in [3.63, 3.8) is 0 Å². The summed E-state index contributed by atoms with van der Waals surface area (Å²) in [6.07, 6.45) is 0. The van der Waals surface area contributed by atoms with Crippen molar-refractivity contribution in [2.75, 3.05) is 13.2 Å². The van der Waals surface area contributed by atoms with Crippen LogP contribution < -0.4 is 0 Å². The minimum atomic E-state index is -3.49. The predicted octanol–water partition coefficient (Wildman–Crippen LogP) is 2.98. The zero-order valence-electron chi connectivity index (χ0n) is 14.4. The monoisotopic (exact) mass is 355 g/mol. The van der Waals surface area contributed by atoms with E-state index in [0.717, 1.165) is 11.1 Å². The number of nitrogens with zero attached hydrogens (tertiary/aromatic N) is 1. The van der Waals surface area contributed by atoms with Crippen molar-refractivity contribution < 1.29 is 13.2 Å². The summed E-state index contributed by atoms with van der Waals surface area (Å²) < 4.78 is 32.2. The molecule has 130 valence electrons. The van der Waals surface area contributed by atoms with Crippen LogP contribution in [0.15, 0.2) is 59.5 Å². The first-order chi connectivity index (χ1) is 11.9. The molecule has 5 heteroatoms. The second-order valence-electron chi connectivity index (χ2n) is 6.38. The Morgan fingerprint density at radius 1 is 1.12 bits per heavy atom. The molecule has 2 aromatic rings. The van der Waals surface area contributed by atoms with E-state index in [1.807, 2.05) is 44.2 Å². The molecule has 0 radical (unpaired) electrons. The minimum absolute atomic E-state index is 0.281. The van der Waals surface area contributed by atoms with Crippen LogP contribution in [0, 0.1) is 18.8 Å². The van der Waals surface area contributed by atoms with Gasteiger partial charge in [-0.2, -0.15) is 4.31 Å². The molecule has 4 nitrogen and oxygen atoms in total. The van der Waals surface area contributed by atoms with E-state index in [0.29, 0.717) is 18.0 Å². The Kier molecular flexibility index (Phi) is 4.96. The first-order valence-corrected chi connectivity index (χ1v) is 9.57. The standard InChI is InChI=1S/C20H21NO3S/c1-17-9-11-19(12-10-17)25(22,23)21-16-20(21,2)13-6-14-24-15-18-7-4-3-5-8-18/h3-5,7-12H,14-16H2,1-2H3. The van der Waals surface area contributed by atoms with Gasteiger partial charge in [0.15, 0.2) is 0 Å². The Hall–Kier alpha value is -2.13. The van der Waals surface area contributed by atoms with Crippen molar-refractivity contribution in [2.24, 2.45) is 0 Å². The highest BCUT2D eigenvalue weighted by Crippen LogP contribution is 2.37. The third kappa shape index (κ3) is 4.10. The lowest BCUT2D eigenvalue weighted by atomic mass is 10.2. The smallest absolute Gasteiger partial charge is 0.244 e. The fourth-order valence-corrected chi connectivity index (χ4v) is 4.29. The summed E-state index contributed by atoms with van der Waals surface area (Å²) >= 11 is 0. The molecular formula is C20H21NO3S. The minimum Gasteiger partial charge on any atom is -0.364 e. The molecule has 0 aromatic heterocycles. The molecule has 1 aliphatic heterocycles. The van der Waals surface area contributed by atoms with E-state index in [9.17, 15) is 8.42 Å². The van der Waals surface area contributed by atoms with Crippen molar-refractivity contribution in [1.82, 2.24) is 4.31 Å². The summed E-state index contributed by atoms with van der Waals surface area (Å²) in [5.74, 6) is 5.97. The van der Waals surface area contributed by atoms with E-state index in [2.05, 4.69) is 11.8 Å². The van der Waals surface area contributed by atoms with Gasteiger partial charge >= 0.3 is 0 Å². The van der Waals surface area contributed by atoms with Crippen molar-refractivity contribution in [1.29, 1.82) is 0 Å². The van der Waals surface area contributed by atoms with Crippen LogP contribution in [-0.2, 0) is 21.4 Å². The van der Waals surface area contributed by atoms with Crippen LogP contribution in [0.2, 0.25) is 0 Å². The Labute approximate surface area is 149 Å². The van der Waals surface area contributed by atoms with Crippen LogP contribution >= 0.6 is 0 Å². The van der Waals surface area contributed by atoms with Gasteiger partial charge in [-0.25, -0.2) is 8.42 Å². The van der Waals surface area contributed by atoms with Crippen LogP contribution in [-0.4, -0.2) is 31.4 Å². The lowest BCUT2D eigenvalue weighted by Gasteiger charge is -2.08. The van der Waals surface area contributed by atoms with E-state index in [4.69, 9.17) is 4.74 Å². The van der Waals surface area contributed by atoms with E-state index < -0.39 is 15.6 Å². The van der Waals surface area contributed by atoms with Gasteiger partial charge in [0, 0.05) is 6.54 Å². The van der Waals surface area contributed by atoms with Gasteiger partial charge in [0.2, 0.25) is 10.0 Å². The molecule has 0 saturated carbocycles. The highest BCUT2D eigenvalue weighted by Gasteiger charge is 2.54. The van der Waals surface area contributed by atoms with Gasteiger partial charge in [-0.1, -0.05) is 59.9 Å². The molecule has 1 aliphatic rings. The summed E-state index contributed by atoms with van der Waals surface area (Å²) in [4.78, 5) is 0.309. The average Bonchev–Trinajstić information content (AvgIpc) is 3.29. The lowest BCUT2D eigenvalue weighted by Crippen LogP contribution is -2.20. The quantitative estimate of drug-likeness (QED) is 0.471. The summed E-state index contributed by atoms with van der Waals surface area (Å²) in [5, 5.41) is 0. The number of rotatable bonds is 5. The molecular weight excluding hydrogens is 334 g/mol. The maximum absolute atomic E-state index is 12.6. The maximum Gasteiger partial charge on any atom is 0.244 e. The molecule has 0 bridgehead atoms. The zero-order valence-corrected chi connectivity index (χ0v) is 15.2. The van der Waals surface area contributed by atoms with E-state index in [-0.39, 0.29) is 6.61 Å². The summed E-state index contributed by atoms with van der Waals surface area (Å²) in [6, 6.07) is 16.7. The second-order valence-corrected chi connectivity index (χ2v) is 8.24. The zero-order chi connectivity index (χ0) is 17.9. The van der Waals surface area contributed by atoms with Gasteiger partial charge in [-0.3, -0.25) is 0 Å². The molecule has 1 heterocycles. The molecule has 25 heavy (non-hydrogen) atoms. The molecule has 2 unspecified atom stereocenters. The third-order valence-corrected chi connectivity index (χ3v) is 6.13. The third-order valence-electron chi connectivity index (χ3n) is 4.15. The Balaban J connectivity index is 1.57. The van der Waals surface area contributed by atoms with Gasteiger partial charge in [0.05, 0.1) is 11.5 Å². The highest BCUT2D eigenvalue weighted by molar-refractivity contribution is 7.89. The summed E-state index contributed by atoms with van der Waals surface area (Å²) in [5.41, 5.74) is 1.48. The van der Waals surface area contributed by atoms with Crippen LogP contribution in [0.25, 0.3) is 0 Å². The van der Waals surface area contributed by atoms with Crippen molar-refractivity contribution in [3.8, 4) is 11.8 Å². The van der Waals surface area contributed by atoms with E-state index in [1.165, 1.54) is 4.31 Å². The molecule has 0 N–H and O–H groups in total. The average molecular weight is 355 g/mol. The van der Waals surface area contributed by atoms with Crippen molar-refractivity contribution in [3.05, 3.63) is 65.7 Å². The molecule has 2 aromatic carbocycles. The Bertz CT molecular complexity index is 895. The number of hydrogen-bond donors (Lipinski definition) is 0. The van der Waals surface area contributed by atoms with Crippen molar-refractivity contribution in [2.45, 2.75) is 30.9 Å². The van der Waals surface area contributed by atoms with Gasteiger partial charge in [0.1, 0.15) is 12.1 Å². The largest absolute Gasteiger partial charge is 0.364 e. The Morgan fingerprint density at radius 2 is 1.80 bits per heavy atom. The number of ether oxygens (including phenoxy) is 1. The fraction of sp³-hybridized carbons (Fsp3) is 0.300. The number of benzene rings is 2. The molecule has 1 saturated heterocycles. The maximum atomic E-state index is 12.6. The van der Waals surface area contributed by atoms with Crippen molar-refractivity contribution >= 4 is 10.0 Å². The summed E-state index contributed by atoms with van der Waals surface area (Å²) in [7, 11) is -3.49. The predicted molar refractivity (Wildman–Crippen MR) is 97.3 cm³/mol. The first kappa shape index (κ1) is 17.7. The molecule has 1 fully saturated rings. The van der Waals surface area contributed by atoms with Crippen LogP contribution in [0.4, 0.5) is 0 Å². The molecule has 3 rings (SSSR count). The van der Waals surface area contributed by atoms with Crippen LogP contribution in [0.3, 0.4) is 0 Å². The number of hydrogen-bond acceptors (Lipinski definition) is 3. The van der Waals surface area contributed by atoms with E-state index >= 15 is 0 Å². The highest BCUT2D eigenvalue weighted by atomic mass is 32.2. The molecule has 2 atom stereocenters.